The number of carbonyl (C=O) groups excluding carboxylic acids is 1. The summed E-state index contributed by atoms with van der Waals surface area (Å²) in [5.74, 6) is 0.764. The smallest absolute Gasteiger partial charge is 0.256 e. The lowest BCUT2D eigenvalue weighted by Gasteiger charge is -2.28. The summed E-state index contributed by atoms with van der Waals surface area (Å²) in [6.45, 7) is 10.8. The van der Waals surface area contributed by atoms with Gasteiger partial charge >= 0.3 is 0 Å². The Labute approximate surface area is 170 Å². The highest BCUT2D eigenvalue weighted by atomic mass is 16.5. The molecule has 158 valence electrons. The van der Waals surface area contributed by atoms with Crippen LogP contribution in [0.4, 0.5) is 5.69 Å². The summed E-state index contributed by atoms with van der Waals surface area (Å²) >= 11 is 0. The van der Waals surface area contributed by atoms with Gasteiger partial charge in [-0.2, -0.15) is 0 Å². The maximum absolute atomic E-state index is 12.8. The lowest BCUT2D eigenvalue weighted by Crippen LogP contribution is -2.42. The summed E-state index contributed by atoms with van der Waals surface area (Å²) in [6.07, 6.45) is 7.67. The van der Waals surface area contributed by atoms with Gasteiger partial charge in [0.1, 0.15) is 11.4 Å². The molecule has 0 aliphatic carbocycles. The monoisotopic (exact) mass is 390 g/mol. The Morgan fingerprint density at radius 2 is 1.82 bits per heavy atom. The van der Waals surface area contributed by atoms with Crippen LogP contribution in [0.1, 0.15) is 65.7 Å². The zero-order chi connectivity index (χ0) is 20.2. The van der Waals surface area contributed by atoms with Gasteiger partial charge in [-0.3, -0.25) is 4.79 Å². The third-order valence-electron chi connectivity index (χ3n) is 5.40. The zero-order valence-corrected chi connectivity index (χ0v) is 18.0. The summed E-state index contributed by atoms with van der Waals surface area (Å²) in [4.78, 5) is 15.3. The van der Waals surface area contributed by atoms with Gasteiger partial charge < -0.3 is 19.7 Å². The molecule has 2 rings (SSSR count). The molecular formula is C23H38N2O3. The van der Waals surface area contributed by atoms with Crippen molar-refractivity contribution in [2.24, 2.45) is 0 Å². The van der Waals surface area contributed by atoms with E-state index in [0.29, 0.717) is 6.61 Å². The van der Waals surface area contributed by atoms with Crippen LogP contribution in [-0.4, -0.2) is 49.3 Å². The van der Waals surface area contributed by atoms with Crippen LogP contribution in [0.5, 0.6) is 5.75 Å². The number of unbranched alkanes of at least 4 members (excludes halogenated alkanes) is 2. The molecule has 1 aromatic carbocycles. The van der Waals surface area contributed by atoms with Crippen LogP contribution in [0, 0.1) is 0 Å². The Kier molecular flexibility index (Phi) is 9.79. The molecule has 0 spiro atoms. The number of rotatable bonds is 13. The van der Waals surface area contributed by atoms with Gasteiger partial charge in [0, 0.05) is 18.8 Å². The standard InChI is InChI=1S/C23H38N2O3/c1-4-6-7-15-23(3,28-5-2)22(26)24-20-11-13-21(14-12-20)27-19-10-18-25-16-8-9-17-25/h11-14H,4-10,15-19H2,1-3H3,(H,24,26). The van der Waals surface area contributed by atoms with Crippen LogP contribution in [0.3, 0.4) is 0 Å². The molecule has 28 heavy (non-hydrogen) atoms. The maximum atomic E-state index is 12.8. The predicted molar refractivity (Wildman–Crippen MR) is 115 cm³/mol. The number of benzene rings is 1. The van der Waals surface area contributed by atoms with Gasteiger partial charge in [0.2, 0.25) is 0 Å². The molecule has 0 aromatic heterocycles. The fourth-order valence-electron chi connectivity index (χ4n) is 3.66. The van der Waals surface area contributed by atoms with E-state index in [-0.39, 0.29) is 5.91 Å². The van der Waals surface area contributed by atoms with Gasteiger partial charge in [0.25, 0.3) is 5.91 Å². The molecular weight excluding hydrogens is 352 g/mol. The number of anilines is 1. The maximum Gasteiger partial charge on any atom is 0.256 e. The largest absolute Gasteiger partial charge is 0.494 e. The lowest BCUT2D eigenvalue weighted by atomic mass is 9.96. The molecule has 1 aliphatic heterocycles. The van der Waals surface area contributed by atoms with Crippen molar-refractivity contribution >= 4 is 11.6 Å². The average molecular weight is 391 g/mol. The molecule has 0 saturated carbocycles. The molecule has 5 heteroatoms. The minimum Gasteiger partial charge on any atom is -0.494 e. The first kappa shape index (κ1) is 22.7. The average Bonchev–Trinajstić information content (AvgIpc) is 3.20. The highest BCUT2D eigenvalue weighted by molar-refractivity contribution is 5.97. The van der Waals surface area contributed by atoms with E-state index in [1.54, 1.807) is 0 Å². The summed E-state index contributed by atoms with van der Waals surface area (Å²) in [5.41, 5.74) is -0.00915. The van der Waals surface area contributed by atoms with Crippen LogP contribution in [0.25, 0.3) is 0 Å². The molecule has 0 radical (unpaired) electrons. The molecule has 5 nitrogen and oxygen atoms in total. The van der Waals surface area contributed by atoms with Gasteiger partial charge in [-0.15, -0.1) is 0 Å². The first-order chi connectivity index (χ1) is 13.6. The number of nitrogens with zero attached hydrogens (tertiary/aromatic N) is 1. The fraction of sp³-hybridized carbons (Fsp3) is 0.696. The van der Waals surface area contributed by atoms with Crippen molar-refractivity contribution in [1.29, 1.82) is 0 Å². The van der Waals surface area contributed by atoms with E-state index in [2.05, 4.69) is 17.1 Å². The minimum atomic E-state index is -0.783. The number of likely N-dealkylation sites (tertiary alicyclic amines) is 1. The Morgan fingerprint density at radius 3 is 2.46 bits per heavy atom. The zero-order valence-electron chi connectivity index (χ0n) is 18.0. The number of hydrogen-bond donors (Lipinski definition) is 1. The molecule has 1 atom stereocenters. The van der Waals surface area contributed by atoms with Crippen LogP contribution < -0.4 is 10.1 Å². The number of ether oxygens (including phenoxy) is 2. The van der Waals surface area contributed by atoms with Crippen LogP contribution >= 0.6 is 0 Å². The summed E-state index contributed by atoms with van der Waals surface area (Å²) in [5, 5.41) is 3.00. The fourth-order valence-corrected chi connectivity index (χ4v) is 3.66. The Balaban J connectivity index is 1.78. The molecule has 1 aromatic rings. The SMILES string of the molecule is CCCCCC(C)(OCC)C(=O)Nc1ccc(OCCCN2CCCC2)cc1. The molecule has 1 fully saturated rings. The lowest BCUT2D eigenvalue weighted by molar-refractivity contribution is -0.139. The number of amides is 1. The van der Waals surface area contributed by atoms with E-state index >= 15 is 0 Å². The third-order valence-corrected chi connectivity index (χ3v) is 5.40. The van der Waals surface area contributed by atoms with Crippen molar-refractivity contribution in [1.82, 2.24) is 4.90 Å². The number of hydrogen-bond acceptors (Lipinski definition) is 4. The summed E-state index contributed by atoms with van der Waals surface area (Å²) < 4.78 is 11.6. The number of carbonyl (C=O) groups is 1. The highest BCUT2D eigenvalue weighted by Crippen LogP contribution is 2.23. The first-order valence-corrected chi connectivity index (χ1v) is 11.0. The van der Waals surface area contributed by atoms with Crippen molar-refractivity contribution < 1.29 is 14.3 Å². The topological polar surface area (TPSA) is 50.8 Å². The van der Waals surface area contributed by atoms with Gasteiger partial charge in [0.15, 0.2) is 0 Å². The Hall–Kier alpha value is -1.59. The highest BCUT2D eigenvalue weighted by Gasteiger charge is 2.33. The normalized spacial score (nSPS) is 16.7. The van der Waals surface area contributed by atoms with E-state index < -0.39 is 5.60 Å². The second kappa shape index (κ2) is 12.1. The van der Waals surface area contributed by atoms with Crippen molar-refractivity contribution in [3.8, 4) is 5.75 Å². The van der Waals surface area contributed by atoms with Crippen molar-refractivity contribution in [3.63, 3.8) is 0 Å². The number of nitrogens with one attached hydrogen (secondary N) is 1. The molecule has 0 bridgehead atoms. The molecule has 1 unspecified atom stereocenters. The third kappa shape index (κ3) is 7.44. The molecule has 1 saturated heterocycles. The van der Waals surface area contributed by atoms with E-state index in [4.69, 9.17) is 9.47 Å². The molecule has 1 aliphatic rings. The second-order valence-corrected chi connectivity index (χ2v) is 7.85. The Bertz CT molecular complexity index is 570. The van der Waals surface area contributed by atoms with E-state index in [1.165, 1.54) is 25.9 Å². The summed E-state index contributed by atoms with van der Waals surface area (Å²) in [6, 6.07) is 7.62. The van der Waals surface area contributed by atoms with E-state index in [0.717, 1.165) is 56.7 Å². The van der Waals surface area contributed by atoms with Gasteiger partial charge in [0.05, 0.1) is 6.61 Å². The van der Waals surface area contributed by atoms with Crippen LogP contribution in [-0.2, 0) is 9.53 Å². The van der Waals surface area contributed by atoms with E-state index in [9.17, 15) is 4.79 Å². The Morgan fingerprint density at radius 1 is 1.11 bits per heavy atom. The summed E-state index contributed by atoms with van der Waals surface area (Å²) in [7, 11) is 0. The van der Waals surface area contributed by atoms with Crippen LogP contribution in [0.15, 0.2) is 24.3 Å². The van der Waals surface area contributed by atoms with Gasteiger partial charge in [-0.05, 0) is 76.9 Å². The molecule has 1 heterocycles. The van der Waals surface area contributed by atoms with Crippen molar-refractivity contribution in [2.45, 2.75) is 71.3 Å². The predicted octanol–water partition coefficient (Wildman–Crippen LogP) is 4.87. The molecule has 1 N–H and O–H groups in total. The minimum absolute atomic E-state index is 0.0789. The first-order valence-electron chi connectivity index (χ1n) is 11.0. The van der Waals surface area contributed by atoms with Gasteiger partial charge in [-0.1, -0.05) is 26.2 Å². The van der Waals surface area contributed by atoms with E-state index in [1.807, 2.05) is 38.1 Å². The van der Waals surface area contributed by atoms with Gasteiger partial charge in [-0.25, -0.2) is 0 Å². The second-order valence-electron chi connectivity index (χ2n) is 7.85. The van der Waals surface area contributed by atoms with Crippen molar-refractivity contribution in [2.75, 3.05) is 38.2 Å². The van der Waals surface area contributed by atoms with Crippen molar-refractivity contribution in [3.05, 3.63) is 24.3 Å². The molecule has 1 amide bonds. The quantitative estimate of drug-likeness (QED) is 0.489. The van der Waals surface area contributed by atoms with Crippen LogP contribution in [0.2, 0.25) is 0 Å².